The number of alkyl halides is 3. The molecule has 0 unspecified atom stereocenters. The van der Waals surface area contributed by atoms with Gasteiger partial charge in [0.25, 0.3) is 0 Å². The Labute approximate surface area is 165 Å². The van der Waals surface area contributed by atoms with Gasteiger partial charge >= 0.3 is 5.51 Å². The van der Waals surface area contributed by atoms with Gasteiger partial charge in [0.2, 0.25) is 0 Å². The minimum Gasteiger partial charge on any atom is -0.741 e. The van der Waals surface area contributed by atoms with Crippen LogP contribution >= 0.6 is 15.8 Å². The Morgan fingerprint density at radius 3 is 1.20 bits per heavy atom. The summed E-state index contributed by atoms with van der Waals surface area (Å²) in [6.07, 6.45) is 9.31. The van der Waals surface area contributed by atoms with E-state index in [4.69, 9.17) is 13.0 Å². The minimum absolute atomic E-state index is 0. The van der Waals surface area contributed by atoms with Crippen molar-refractivity contribution in [3.63, 3.8) is 0 Å². The molecule has 0 aliphatic carbocycles. The van der Waals surface area contributed by atoms with Crippen molar-refractivity contribution >= 4 is 26.0 Å². The fourth-order valence-corrected chi connectivity index (χ4v) is 10.9. The third kappa shape index (κ3) is 7.98. The summed E-state index contributed by atoms with van der Waals surface area (Å²) in [6, 6.07) is 0. The van der Waals surface area contributed by atoms with Gasteiger partial charge in [-0.15, -0.1) is 15.8 Å². The molecule has 2 aliphatic heterocycles. The predicted octanol–water partition coefficient (Wildman–Crippen LogP) is 5.14. The van der Waals surface area contributed by atoms with E-state index >= 15 is 0 Å². The minimum atomic E-state index is -6.09. The second-order valence-electron chi connectivity index (χ2n) is 6.93. The zero-order valence-electron chi connectivity index (χ0n) is 15.0. The van der Waals surface area contributed by atoms with Crippen molar-refractivity contribution in [1.29, 1.82) is 0 Å². The average Bonchev–Trinajstić information content (AvgIpc) is 2.91. The number of rotatable bonds is 3. The molecule has 0 aromatic rings. The van der Waals surface area contributed by atoms with Crippen LogP contribution in [0.15, 0.2) is 0 Å². The molecule has 3 nitrogen and oxygen atoms in total. The largest absolute Gasteiger partial charge is 0.741 e. The van der Waals surface area contributed by atoms with E-state index in [-0.39, 0.29) is 19.5 Å². The molecular weight excluding hydrogens is 482 g/mol. The molecule has 0 aromatic heterocycles. The zero-order valence-corrected chi connectivity index (χ0v) is 19.3. The van der Waals surface area contributed by atoms with Crippen molar-refractivity contribution in [3.8, 4) is 0 Å². The van der Waals surface area contributed by atoms with Crippen LogP contribution in [0.5, 0.6) is 0 Å². The molecule has 10 heteroatoms. The number of hydrogen-bond acceptors (Lipinski definition) is 3. The van der Waals surface area contributed by atoms with Crippen LogP contribution in [0.2, 0.25) is 0 Å². The molecule has 2 fully saturated rings. The Morgan fingerprint density at radius 1 is 0.840 bits per heavy atom. The quantitative estimate of drug-likeness (QED) is 0.229. The predicted molar refractivity (Wildman–Crippen MR) is 95.6 cm³/mol. The standard InChI is InChI=1S/C14H28P2.CHF3O3S.Rh/c1-11-5-6-12(2)15(11)9-10-16-13(3)7-8-14(16)4;2-1(3,4)8(5,6)7;/h11-14H,5-10H2,1-4H3;(H,5,6,7);/p-1/t11-,12-,13-,14-;;/m0../s1. The van der Waals surface area contributed by atoms with E-state index in [0.29, 0.717) is 15.8 Å². The van der Waals surface area contributed by atoms with Crippen LogP contribution in [-0.2, 0) is 29.6 Å². The van der Waals surface area contributed by atoms with Crippen LogP contribution < -0.4 is 0 Å². The Kier molecular flexibility index (Phi) is 11.2. The molecule has 2 saturated heterocycles. The summed E-state index contributed by atoms with van der Waals surface area (Å²) in [6.45, 7) is 10.1. The van der Waals surface area contributed by atoms with Gasteiger partial charge in [-0.25, -0.2) is 8.42 Å². The number of hydrogen-bond donors (Lipinski definition) is 0. The fourth-order valence-electron chi connectivity index (χ4n) is 3.61. The van der Waals surface area contributed by atoms with Crippen molar-refractivity contribution in [2.45, 2.75) is 81.5 Å². The van der Waals surface area contributed by atoms with Gasteiger partial charge in [0.15, 0.2) is 10.1 Å². The average molecular weight is 510 g/mol. The maximum absolute atomic E-state index is 10.7. The normalized spacial score (nSPS) is 31.4. The Hall–Kier alpha value is 1.18. The Bertz CT molecular complexity index is 461. The molecule has 0 N–H and O–H groups in total. The number of halogens is 3. The van der Waals surface area contributed by atoms with Crippen molar-refractivity contribution in [1.82, 2.24) is 0 Å². The van der Waals surface area contributed by atoms with E-state index in [1.165, 1.54) is 25.7 Å². The van der Waals surface area contributed by atoms with Crippen LogP contribution in [0.25, 0.3) is 0 Å². The van der Waals surface area contributed by atoms with Crippen LogP contribution in [0.1, 0.15) is 53.4 Å². The summed E-state index contributed by atoms with van der Waals surface area (Å²) in [7, 11) is -5.30. The second kappa shape index (κ2) is 10.7. The van der Waals surface area contributed by atoms with Crippen molar-refractivity contribution in [3.05, 3.63) is 0 Å². The maximum atomic E-state index is 10.7. The van der Waals surface area contributed by atoms with Gasteiger partial charge in [0, 0.05) is 19.5 Å². The molecule has 0 bridgehead atoms. The summed E-state index contributed by atoms with van der Waals surface area (Å²) in [5.74, 6) is 0. The Balaban J connectivity index is 0.000000552. The third-order valence-electron chi connectivity index (χ3n) is 5.17. The molecule has 0 amide bonds. The summed E-state index contributed by atoms with van der Waals surface area (Å²) >= 11 is 0. The monoisotopic (exact) mass is 510 g/mol. The van der Waals surface area contributed by atoms with Gasteiger partial charge < -0.3 is 4.55 Å². The van der Waals surface area contributed by atoms with Gasteiger partial charge in [0.05, 0.1) is 0 Å². The van der Waals surface area contributed by atoms with E-state index in [1.54, 1.807) is 12.3 Å². The molecule has 25 heavy (non-hydrogen) atoms. The summed E-state index contributed by atoms with van der Waals surface area (Å²) in [4.78, 5) is 0. The maximum Gasteiger partial charge on any atom is 0.485 e. The SMILES string of the molecule is C[C@H]1CC[C@H](C)P1CCP1[C@@H](C)CC[C@@H]1C.O=S(=O)([O-])C(F)(F)F.[Rh]. The molecule has 0 saturated carbocycles. The van der Waals surface area contributed by atoms with Crippen molar-refractivity contribution in [2.75, 3.05) is 12.3 Å². The molecule has 2 rings (SSSR count). The molecular formula is C15H28F3O3P2RhS-. The molecule has 0 spiro atoms. The van der Waals surface area contributed by atoms with E-state index in [0.717, 1.165) is 22.6 Å². The van der Waals surface area contributed by atoms with Gasteiger partial charge in [-0.3, -0.25) is 0 Å². The van der Waals surface area contributed by atoms with Gasteiger partial charge in [-0.05, 0) is 60.6 Å². The second-order valence-corrected chi connectivity index (χ2v) is 14.8. The first-order valence-electron chi connectivity index (χ1n) is 8.38. The molecule has 1 radical (unpaired) electrons. The van der Waals surface area contributed by atoms with Crippen LogP contribution in [0.3, 0.4) is 0 Å². The summed E-state index contributed by atoms with van der Waals surface area (Å²) in [5, 5.41) is 0. The van der Waals surface area contributed by atoms with Crippen LogP contribution in [-0.4, -0.2) is 53.4 Å². The summed E-state index contributed by atoms with van der Waals surface area (Å²) < 4.78 is 58.9. The first-order valence-corrected chi connectivity index (χ1v) is 13.1. The van der Waals surface area contributed by atoms with Crippen molar-refractivity contribution in [2.24, 2.45) is 0 Å². The smallest absolute Gasteiger partial charge is 0.485 e. The summed E-state index contributed by atoms with van der Waals surface area (Å²) in [5.41, 5.74) is -1.34. The van der Waals surface area contributed by atoms with E-state index in [1.807, 2.05) is 0 Å². The van der Waals surface area contributed by atoms with Crippen LogP contribution in [0, 0.1) is 0 Å². The van der Waals surface area contributed by atoms with Gasteiger partial charge in [0.1, 0.15) is 0 Å². The van der Waals surface area contributed by atoms with E-state index < -0.39 is 15.6 Å². The molecule has 4 atom stereocenters. The molecule has 2 heterocycles. The first-order chi connectivity index (χ1) is 10.8. The van der Waals surface area contributed by atoms with E-state index in [9.17, 15) is 13.2 Å². The fraction of sp³-hybridized carbons (Fsp3) is 1.00. The van der Waals surface area contributed by atoms with Gasteiger partial charge in [-0.1, -0.05) is 27.7 Å². The first kappa shape index (κ1) is 26.2. The van der Waals surface area contributed by atoms with Crippen LogP contribution in [0.4, 0.5) is 13.2 Å². The van der Waals surface area contributed by atoms with Crippen molar-refractivity contribution < 1.29 is 45.6 Å². The Morgan fingerprint density at radius 2 is 1.04 bits per heavy atom. The zero-order chi connectivity index (χ0) is 18.7. The topological polar surface area (TPSA) is 57.2 Å². The third-order valence-corrected chi connectivity index (χ3v) is 13.1. The molecule has 153 valence electrons. The molecule has 2 aliphatic rings. The molecule has 0 aromatic carbocycles. The van der Waals surface area contributed by atoms with E-state index in [2.05, 4.69) is 27.7 Å². The van der Waals surface area contributed by atoms with Gasteiger partial charge in [-0.2, -0.15) is 13.2 Å².